The Morgan fingerprint density at radius 3 is 2.17 bits per heavy atom. The van der Waals surface area contributed by atoms with E-state index in [1.54, 1.807) is 0 Å². The second kappa shape index (κ2) is 11.5. The van der Waals surface area contributed by atoms with Crippen LogP contribution in [-0.4, -0.2) is 71.0 Å². The largest absolute Gasteiger partial charge is 0.480 e. The van der Waals surface area contributed by atoms with E-state index in [2.05, 4.69) is 28.3 Å². The van der Waals surface area contributed by atoms with Crippen LogP contribution in [0.5, 0.6) is 0 Å². The van der Waals surface area contributed by atoms with E-state index in [4.69, 9.17) is 22.3 Å². The zero-order valence-electron chi connectivity index (χ0n) is 13.0. The van der Waals surface area contributed by atoms with Crippen molar-refractivity contribution in [2.75, 3.05) is 18.9 Å². The zero-order valence-corrected chi connectivity index (χ0v) is 13.9. The molecule has 11 nitrogen and oxygen atoms in total. The Labute approximate surface area is 144 Å². The normalized spacial score (nSPS) is 14.1. The number of carboxylic acids is 1. The Morgan fingerprint density at radius 2 is 1.71 bits per heavy atom. The van der Waals surface area contributed by atoms with Crippen molar-refractivity contribution >= 4 is 36.4 Å². The fourth-order valence-corrected chi connectivity index (χ4v) is 1.75. The number of nitrogens with zero attached hydrogens (tertiary/aromatic N) is 1. The maximum atomic E-state index is 12.0. The Kier molecular flexibility index (Phi) is 10.5. The molecule has 0 radical (unpaired) electrons. The Balaban J connectivity index is 4.64. The van der Waals surface area contributed by atoms with E-state index < -0.39 is 42.5 Å². The van der Waals surface area contributed by atoms with Crippen LogP contribution in [0, 0.1) is 0 Å². The molecule has 0 aliphatic rings. The van der Waals surface area contributed by atoms with Crippen LogP contribution in [0.15, 0.2) is 4.99 Å². The third-order valence-corrected chi connectivity index (χ3v) is 3.30. The first-order chi connectivity index (χ1) is 11.2. The van der Waals surface area contributed by atoms with Crippen molar-refractivity contribution in [1.29, 1.82) is 0 Å². The minimum absolute atomic E-state index is 0.0497. The van der Waals surface area contributed by atoms with E-state index in [9.17, 15) is 19.5 Å². The molecule has 2 amide bonds. The van der Waals surface area contributed by atoms with E-state index in [-0.39, 0.29) is 24.7 Å². The summed E-state index contributed by atoms with van der Waals surface area (Å²) in [5, 5.41) is 22.8. The maximum absolute atomic E-state index is 12.0. The smallest absolute Gasteiger partial charge is 0.326 e. The van der Waals surface area contributed by atoms with Gasteiger partial charge in [0.15, 0.2) is 5.96 Å². The van der Waals surface area contributed by atoms with Crippen LogP contribution < -0.4 is 27.8 Å². The van der Waals surface area contributed by atoms with Gasteiger partial charge in [0.25, 0.3) is 0 Å². The summed E-state index contributed by atoms with van der Waals surface area (Å²) in [6.07, 6.45) is 0.385. The average molecular weight is 364 g/mol. The molecule has 24 heavy (non-hydrogen) atoms. The third kappa shape index (κ3) is 8.55. The molecule has 0 bridgehead atoms. The number of aliphatic hydroxyl groups excluding tert-OH is 1. The van der Waals surface area contributed by atoms with Gasteiger partial charge in [0.2, 0.25) is 11.8 Å². The third-order valence-electron chi connectivity index (χ3n) is 2.91. The van der Waals surface area contributed by atoms with Crippen LogP contribution in [0.25, 0.3) is 0 Å². The second-order valence-corrected chi connectivity index (χ2v) is 5.25. The first-order valence-corrected chi connectivity index (χ1v) is 7.72. The van der Waals surface area contributed by atoms with Crippen molar-refractivity contribution in [2.45, 2.75) is 31.0 Å². The Morgan fingerprint density at radius 1 is 1.12 bits per heavy atom. The van der Waals surface area contributed by atoms with Crippen LogP contribution in [0.1, 0.15) is 12.8 Å². The maximum Gasteiger partial charge on any atom is 0.326 e. The lowest BCUT2D eigenvalue weighted by Gasteiger charge is -2.21. The molecule has 0 fully saturated rings. The molecule has 0 rings (SSSR count). The quantitative estimate of drug-likeness (QED) is 0.0791. The van der Waals surface area contributed by atoms with Gasteiger partial charge in [-0.05, 0) is 12.8 Å². The van der Waals surface area contributed by atoms with Gasteiger partial charge in [0.1, 0.15) is 12.1 Å². The minimum Gasteiger partial charge on any atom is -0.480 e. The number of rotatable bonds is 11. The molecule has 0 aromatic heterocycles. The summed E-state index contributed by atoms with van der Waals surface area (Å²) in [5.74, 6) is -2.85. The summed E-state index contributed by atoms with van der Waals surface area (Å²) in [6, 6.07) is -3.48. The number of nitrogens with one attached hydrogen (secondary N) is 2. The predicted molar refractivity (Wildman–Crippen MR) is 90.3 cm³/mol. The van der Waals surface area contributed by atoms with E-state index in [1.807, 2.05) is 0 Å². The molecule has 0 aromatic rings. The van der Waals surface area contributed by atoms with Crippen LogP contribution in [0.3, 0.4) is 0 Å². The summed E-state index contributed by atoms with van der Waals surface area (Å²) in [6.45, 7) is -0.504. The van der Waals surface area contributed by atoms with Crippen molar-refractivity contribution in [1.82, 2.24) is 10.6 Å². The molecule has 0 aromatic carbocycles. The molecule has 0 aliphatic heterocycles. The number of carbonyl (C=O) groups excluding carboxylic acids is 2. The van der Waals surface area contributed by atoms with Crippen molar-refractivity contribution in [3.8, 4) is 0 Å². The van der Waals surface area contributed by atoms with Gasteiger partial charge in [0, 0.05) is 12.3 Å². The first-order valence-electron chi connectivity index (χ1n) is 7.09. The molecule has 0 heterocycles. The van der Waals surface area contributed by atoms with Gasteiger partial charge in [-0.1, -0.05) is 0 Å². The van der Waals surface area contributed by atoms with Crippen LogP contribution in [0.2, 0.25) is 0 Å². The van der Waals surface area contributed by atoms with Gasteiger partial charge in [0.05, 0.1) is 12.6 Å². The van der Waals surface area contributed by atoms with Crippen LogP contribution >= 0.6 is 12.6 Å². The van der Waals surface area contributed by atoms with Crippen molar-refractivity contribution < 1.29 is 24.6 Å². The Hall–Kier alpha value is -2.05. The first kappa shape index (κ1) is 21.9. The van der Waals surface area contributed by atoms with Crippen LogP contribution in [-0.2, 0) is 14.4 Å². The Bertz CT molecular complexity index is 471. The molecule has 0 saturated heterocycles. The van der Waals surface area contributed by atoms with Crippen molar-refractivity contribution in [3.63, 3.8) is 0 Å². The number of nitrogens with two attached hydrogens (primary N) is 3. The summed E-state index contributed by atoms with van der Waals surface area (Å²) >= 11 is 3.85. The van der Waals surface area contributed by atoms with Crippen molar-refractivity contribution in [3.05, 3.63) is 0 Å². The predicted octanol–water partition coefficient (Wildman–Crippen LogP) is -3.66. The number of thiol groups is 1. The fraction of sp³-hybridized carbons (Fsp3) is 0.667. The van der Waals surface area contributed by atoms with E-state index >= 15 is 0 Å². The SMILES string of the molecule is NC(N)=NCCCC(NC(=O)C(CO)NC(=O)C(N)CS)C(=O)O. The molecule has 12 heteroatoms. The summed E-state index contributed by atoms with van der Waals surface area (Å²) in [4.78, 5) is 38.5. The number of carbonyl (C=O) groups is 3. The van der Waals surface area contributed by atoms with E-state index in [0.29, 0.717) is 6.42 Å². The monoisotopic (exact) mass is 364 g/mol. The summed E-state index contributed by atoms with van der Waals surface area (Å²) in [5.41, 5.74) is 15.7. The van der Waals surface area contributed by atoms with Gasteiger partial charge in [-0.2, -0.15) is 12.6 Å². The summed E-state index contributed by atoms with van der Waals surface area (Å²) in [7, 11) is 0. The van der Waals surface area contributed by atoms with Crippen LogP contribution in [0.4, 0.5) is 0 Å². The topological polar surface area (TPSA) is 206 Å². The number of aliphatic hydroxyl groups is 1. The highest BCUT2D eigenvalue weighted by Gasteiger charge is 2.26. The van der Waals surface area contributed by atoms with Gasteiger partial charge in [-0.25, -0.2) is 4.79 Å². The average Bonchev–Trinajstić information content (AvgIpc) is 2.53. The van der Waals surface area contributed by atoms with Gasteiger partial charge in [-0.3, -0.25) is 14.6 Å². The number of carboxylic acid groups (broad SMARTS) is 1. The highest BCUT2D eigenvalue weighted by molar-refractivity contribution is 7.80. The van der Waals surface area contributed by atoms with Crippen molar-refractivity contribution in [2.24, 2.45) is 22.2 Å². The lowest BCUT2D eigenvalue weighted by atomic mass is 10.1. The second-order valence-electron chi connectivity index (χ2n) is 4.88. The molecule has 0 aliphatic carbocycles. The number of guanidine groups is 1. The minimum atomic E-state index is -1.32. The number of aliphatic imine (C=N–C) groups is 1. The lowest BCUT2D eigenvalue weighted by Crippen LogP contribution is -2.56. The molecule has 10 N–H and O–H groups in total. The van der Waals surface area contributed by atoms with Gasteiger partial charge in [-0.15, -0.1) is 0 Å². The fourth-order valence-electron chi connectivity index (χ4n) is 1.59. The van der Waals surface area contributed by atoms with Gasteiger partial charge < -0.3 is 38.0 Å². The standard InChI is InChI=1S/C12H24N6O5S/c13-6(5-24)9(20)18-8(4-19)10(21)17-7(11(22)23)2-1-3-16-12(14)15/h6-8,19,24H,1-5,13H2,(H,17,21)(H,18,20)(H,22,23)(H4,14,15,16). The molecule has 0 spiro atoms. The van der Waals surface area contributed by atoms with E-state index in [0.717, 1.165) is 0 Å². The number of aliphatic carboxylic acids is 1. The molecule has 138 valence electrons. The van der Waals surface area contributed by atoms with E-state index in [1.165, 1.54) is 0 Å². The lowest BCUT2D eigenvalue weighted by molar-refractivity contribution is -0.142. The number of hydrogen-bond donors (Lipinski definition) is 8. The number of hydrogen-bond acceptors (Lipinski definition) is 7. The molecule has 3 atom stereocenters. The molecular weight excluding hydrogens is 340 g/mol. The number of amides is 2. The van der Waals surface area contributed by atoms with Gasteiger partial charge >= 0.3 is 5.97 Å². The molecule has 3 unspecified atom stereocenters. The highest BCUT2D eigenvalue weighted by Crippen LogP contribution is 2.00. The highest BCUT2D eigenvalue weighted by atomic mass is 32.1. The molecule has 0 saturated carbocycles. The zero-order chi connectivity index (χ0) is 18.7. The molecular formula is C12H24N6O5S. The summed E-state index contributed by atoms with van der Waals surface area (Å²) < 4.78 is 0.